The topological polar surface area (TPSA) is 88.1 Å². The van der Waals surface area contributed by atoms with E-state index in [0.717, 1.165) is 10.9 Å². The zero-order valence-corrected chi connectivity index (χ0v) is 17.5. The van der Waals surface area contributed by atoms with E-state index in [9.17, 15) is 14.4 Å². The Balaban J connectivity index is 2.24. The first kappa shape index (κ1) is 21.4. The molecule has 1 aliphatic rings. The van der Waals surface area contributed by atoms with Gasteiger partial charge in [-0.05, 0) is 0 Å². The van der Waals surface area contributed by atoms with Gasteiger partial charge in [-0.3, -0.25) is 0 Å². The molecule has 7 nitrogen and oxygen atoms in total. The molecule has 2 rings (SSSR count). The predicted molar refractivity (Wildman–Crippen MR) is 96.9 cm³/mol. The Hall–Kier alpha value is -1.89. The van der Waals surface area contributed by atoms with Gasteiger partial charge in [-0.15, -0.1) is 0 Å². The SMILES string of the molecule is CC(=O)OC1C(OC(C)=O)[C@H]([Se]Cc2ccccc2)OC(C)[C@@H]1OC(C)=O. The van der Waals surface area contributed by atoms with Gasteiger partial charge in [-0.1, -0.05) is 0 Å². The second-order valence-electron chi connectivity index (χ2n) is 6.23. The summed E-state index contributed by atoms with van der Waals surface area (Å²) in [7, 11) is 0. The van der Waals surface area contributed by atoms with E-state index >= 15 is 0 Å². The third kappa shape index (κ3) is 6.34. The van der Waals surface area contributed by atoms with E-state index in [0.29, 0.717) is 0 Å². The second kappa shape index (κ2) is 9.87. The average Bonchev–Trinajstić information content (AvgIpc) is 2.59. The summed E-state index contributed by atoms with van der Waals surface area (Å²) in [5, 5.41) is 0.321. The molecular weight excluding hydrogens is 419 g/mol. The Morgan fingerprint density at radius 1 is 0.889 bits per heavy atom. The van der Waals surface area contributed by atoms with Crippen molar-refractivity contribution in [2.24, 2.45) is 0 Å². The Morgan fingerprint density at radius 3 is 1.96 bits per heavy atom. The third-order valence-electron chi connectivity index (χ3n) is 3.89. The first-order chi connectivity index (χ1) is 12.8. The van der Waals surface area contributed by atoms with Crippen LogP contribution in [-0.4, -0.2) is 62.3 Å². The van der Waals surface area contributed by atoms with Crippen molar-refractivity contribution in [2.75, 3.05) is 0 Å². The molecule has 0 N–H and O–H groups in total. The summed E-state index contributed by atoms with van der Waals surface area (Å²) in [6.45, 7) is 5.56. The molecule has 1 heterocycles. The van der Waals surface area contributed by atoms with Gasteiger partial charge in [0.05, 0.1) is 0 Å². The van der Waals surface area contributed by atoms with E-state index in [4.69, 9.17) is 18.9 Å². The van der Waals surface area contributed by atoms with Crippen molar-refractivity contribution < 1.29 is 33.3 Å². The molecule has 8 heteroatoms. The van der Waals surface area contributed by atoms with Crippen LogP contribution >= 0.6 is 0 Å². The third-order valence-corrected chi connectivity index (χ3v) is 6.42. The Bertz CT molecular complexity index is 663. The molecule has 0 saturated carbocycles. The molecule has 1 saturated heterocycles. The fourth-order valence-corrected chi connectivity index (χ4v) is 5.38. The minimum absolute atomic E-state index is 0.102. The fraction of sp³-hybridized carbons (Fsp3) is 0.526. The maximum atomic E-state index is 11.7. The summed E-state index contributed by atoms with van der Waals surface area (Å²) in [4.78, 5) is 34.8. The minimum atomic E-state index is -0.915. The molecule has 0 bridgehead atoms. The van der Waals surface area contributed by atoms with Crippen molar-refractivity contribution in [2.45, 2.75) is 62.4 Å². The quantitative estimate of drug-likeness (QED) is 0.374. The van der Waals surface area contributed by atoms with Crippen LogP contribution in [0.3, 0.4) is 0 Å². The summed E-state index contributed by atoms with van der Waals surface area (Å²) in [6, 6.07) is 9.88. The van der Waals surface area contributed by atoms with E-state index in [1.54, 1.807) is 6.92 Å². The van der Waals surface area contributed by atoms with E-state index in [1.165, 1.54) is 20.8 Å². The number of esters is 3. The average molecular weight is 443 g/mol. The van der Waals surface area contributed by atoms with Crippen LogP contribution in [-0.2, 0) is 38.7 Å². The van der Waals surface area contributed by atoms with Gasteiger partial charge >= 0.3 is 165 Å². The van der Waals surface area contributed by atoms with Gasteiger partial charge in [-0.2, -0.15) is 0 Å². The van der Waals surface area contributed by atoms with Crippen LogP contribution in [0.25, 0.3) is 0 Å². The van der Waals surface area contributed by atoms with Crippen molar-refractivity contribution in [1.82, 2.24) is 0 Å². The van der Waals surface area contributed by atoms with Gasteiger partial charge in [-0.25, -0.2) is 0 Å². The van der Waals surface area contributed by atoms with Crippen LogP contribution < -0.4 is 0 Å². The molecule has 0 aromatic heterocycles. The molecule has 1 aromatic rings. The number of carbonyl (C=O) groups excluding carboxylic acids is 3. The molecule has 148 valence electrons. The Kier molecular flexibility index (Phi) is 7.83. The molecule has 27 heavy (non-hydrogen) atoms. The summed E-state index contributed by atoms with van der Waals surface area (Å²) in [6.07, 6.45) is -3.11. The van der Waals surface area contributed by atoms with Crippen molar-refractivity contribution >= 4 is 32.9 Å². The molecule has 0 radical (unpaired) electrons. The van der Waals surface area contributed by atoms with Crippen molar-refractivity contribution in [1.29, 1.82) is 0 Å². The molecule has 1 aromatic carbocycles. The molecule has 1 aliphatic heterocycles. The predicted octanol–water partition coefficient (Wildman–Crippen LogP) is 1.43. The van der Waals surface area contributed by atoms with Crippen molar-refractivity contribution in [3.63, 3.8) is 0 Å². The van der Waals surface area contributed by atoms with Crippen LogP contribution in [0.5, 0.6) is 0 Å². The van der Waals surface area contributed by atoms with Crippen LogP contribution in [0, 0.1) is 0 Å². The Labute approximate surface area is 164 Å². The number of carbonyl (C=O) groups is 3. The summed E-state index contributed by atoms with van der Waals surface area (Å²) in [5.74, 6) is -1.59. The normalized spacial score (nSPS) is 27.5. The molecule has 1 fully saturated rings. The van der Waals surface area contributed by atoms with Crippen molar-refractivity contribution in [3.8, 4) is 0 Å². The molecule has 5 atom stereocenters. The van der Waals surface area contributed by atoms with Gasteiger partial charge in [0.1, 0.15) is 0 Å². The van der Waals surface area contributed by atoms with Crippen LogP contribution in [0.1, 0.15) is 33.3 Å². The van der Waals surface area contributed by atoms with Crippen LogP contribution in [0.2, 0.25) is 0 Å². The maximum absolute atomic E-state index is 11.7. The molecule has 0 amide bonds. The monoisotopic (exact) mass is 444 g/mol. The summed E-state index contributed by atoms with van der Waals surface area (Å²) in [5.41, 5.74) is 1.14. The standard InChI is InChI=1S/C19H24O7Se/c1-11-16(24-12(2)20)17(25-13(3)21)18(26-14(4)22)19(23-11)27-10-15-8-6-5-7-9-15/h5-9,11,16-19H,10H2,1-4H3/t11?,16-,17?,18?,19-/m0/s1. The first-order valence-electron chi connectivity index (χ1n) is 8.60. The number of rotatable bonds is 6. The zero-order valence-electron chi connectivity index (χ0n) is 15.7. The molecule has 3 unspecified atom stereocenters. The van der Waals surface area contributed by atoms with Gasteiger partial charge in [0.2, 0.25) is 0 Å². The fourth-order valence-electron chi connectivity index (χ4n) is 2.86. The Morgan fingerprint density at radius 2 is 1.41 bits per heavy atom. The number of hydrogen-bond donors (Lipinski definition) is 0. The van der Waals surface area contributed by atoms with Gasteiger partial charge in [0.25, 0.3) is 0 Å². The van der Waals surface area contributed by atoms with E-state index in [2.05, 4.69) is 0 Å². The molecular formula is C19H24O7Se. The summed E-state index contributed by atoms with van der Waals surface area (Å²) >= 11 is -0.102. The second-order valence-corrected chi connectivity index (χ2v) is 8.51. The first-order valence-corrected chi connectivity index (χ1v) is 10.8. The van der Waals surface area contributed by atoms with Crippen LogP contribution in [0.15, 0.2) is 30.3 Å². The van der Waals surface area contributed by atoms with E-state index < -0.39 is 47.3 Å². The number of ether oxygens (including phenoxy) is 4. The van der Waals surface area contributed by atoms with Crippen molar-refractivity contribution in [3.05, 3.63) is 35.9 Å². The number of hydrogen-bond acceptors (Lipinski definition) is 7. The van der Waals surface area contributed by atoms with E-state index in [1.807, 2.05) is 30.3 Å². The molecule has 0 spiro atoms. The van der Waals surface area contributed by atoms with Gasteiger partial charge < -0.3 is 0 Å². The zero-order chi connectivity index (χ0) is 20.0. The number of benzene rings is 1. The summed E-state index contributed by atoms with van der Waals surface area (Å²) < 4.78 is 22.2. The van der Waals surface area contributed by atoms with Crippen LogP contribution in [0.4, 0.5) is 0 Å². The van der Waals surface area contributed by atoms with Gasteiger partial charge in [0.15, 0.2) is 0 Å². The van der Waals surface area contributed by atoms with Gasteiger partial charge in [0, 0.05) is 0 Å². The molecule has 0 aliphatic carbocycles. The van der Waals surface area contributed by atoms with E-state index in [-0.39, 0.29) is 15.0 Å².